The van der Waals surface area contributed by atoms with Gasteiger partial charge < -0.3 is 4.74 Å². The van der Waals surface area contributed by atoms with Crippen molar-refractivity contribution >= 4 is 0 Å². The third kappa shape index (κ3) is 2.01. The van der Waals surface area contributed by atoms with Crippen LogP contribution >= 0.6 is 0 Å². The van der Waals surface area contributed by atoms with Gasteiger partial charge in [-0.3, -0.25) is 0 Å². The molecule has 0 bridgehead atoms. The van der Waals surface area contributed by atoms with Gasteiger partial charge in [-0.05, 0) is 25.5 Å². The Morgan fingerprint density at radius 3 is 2.80 bits per heavy atom. The summed E-state index contributed by atoms with van der Waals surface area (Å²) in [5.41, 5.74) is 2.28. The number of rotatable bonds is 3. The van der Waals surface area contributed by atoms with E-state index in [2.05, 4.69) is 18.1 Å². The number of hydrogen-bond acceptors (Lipinski definition) is 2. The summed E-state index contributed by atoms with van der Waals surface area (Å²) in [6, 6.07) is 10.0. The van der Waals surface area contributed by atoms with E-state index in [9.17, 15) is 0 Å². The van der Waals surface area contributed by atoms with Crippen molar-refractivity contribution in [3.8, 4) is 11.6 Å². The van der Waals surface area contributed by atoms with Crippen molar-refractivity contribution in [2.45, 2.75) is 13.8 Å². The highest BCUT2D eigenvalue weighted by molar-refractivity contribution is 5.39. The number of nitrogens with zero attached hydrogens (tertiary/aromatic N) is 2. The molecule has 0 saturated carbocycles. The Bertz CT molecular complexity index is 448. The molecule has 0 aliphatic heterocycles. The SMILES string of the molecule is CCOc1ccn(-c2ccccc2C)n1. The second-order valence-corrected chi connectivity index (χ2v) is 3.32. The zero-order valence-electron chi connectivity index (χ0n) is 8.97. The third-order valence-corrected chi connectivity index (χ3v) is 2.22. The molecule has 0 saturated heterocycles. The zero-order valence-corrected chi connectivity index (χ0v) is 8.97. The van der Waals surface area contributed by atoms with Crippen LogP contribution in [0.4, 0.5) is 0 Å². The molecule has 15 heavy (non-hydrogen) atoms. The average molecular weight is 202 g/mol. The molecule has 0 aliphatic carbocycles. The molecular weight excluding hydrogens is 188 g/mol. The summed E-state index contributed by atoms with van der Waals surface area (Å²) < 4.78 is 7.15. The lowest BCUT2D eigenvalue weighted by Gasteiger charge is -2.04. The molecule has 1 aromatic heterocycles. The predicted octanol–water partition coefficient (Wildman–Crippen LogP) is 2.58. The van der Waals surface area contributed by atoms with Gasteiger partial charge >= 0.3 is 0 Å². The second kappa shape index (κ2) is 4.17. The quantitative estimate of drug-likeness (QED) is 0.764. The zero-order chi connectivity index (χ0) is 10.7. The van der Waals surface area contributed by atoms with Crippen LogP contribution in [-0.4, -0.2) is 16.4 Å². The fraction of sp³-hybridized carbons (Fsp3) is 0.250. The van der Waals surface area contributed by atoms with E-state index in [0.717, 1.165) is 5.69 Å². The largest absolute Gasteiger partial charge is 0.477 e. The monoisotopic (exact) mass is 202 g/mol. The van der Waals surface area contributed by atoms with Crippen molar-refractivity contribution in [1.82, 2.24) is 9.78 Å². The molecule has 78 valence electrons. The fourth-order valence-electron chi connectivity index (χ4n) is 1.49. The van der Waals surface area contributed by atoms with Gasteiger partial charge in [0, 0.05) is 12.3 Å². The highest BCUT2D eigenvalue weighted by Crippen LogP contribution is 2.15. The molecule has 0 N–H and O–H groups in total. The smallest absolute Gasteiger partial charge is 0.233 e. The molecule has 0 unspecified atom stereocenters. The van der Waals surface area contributed by atoms with E-state index in [1.807, 2.05) is 42.1 Å². The van der Waals surface area contributed by atoms with E-state index in [4.69, 9.17) is 4.74 Å². The number of aromatic nitrogens is 2. The summed E-state index contributed by atoms with van der Waals surface area (Å²) in [5.74, 6) is 0.667. The number of benzene rings is 1. The Morgan fingerprint density at radius 1 is 1.27 bits per heavy atom. The van der Waals surface area contributed by atoms with Crippen LogP contribution in [0.1, 0.15) is 12.5 Å². The molecule has 0 amide bonds. The van der Waals surface area contributed by atoms with Crippen LogP contribution in [0, 0.1) is 6.92 Å². The van der Waals surface area contributed by atoms with Gasteiger partial charge in [0.1, 0.15) is 0 Å². The molecule has 3 nitrogen and oxygen atoms in total. The van der Waals surface area contributed by atoms with Crippen molar-refractivity contribution in [3.63, 3.8) is 0 Å². The minimum atomic E-state index is 0.644. The molecule has 0 atom stereocenters. The van der Waals surface area contributed by atoms with E-state index < -0.39 is 0 Å². The summed E-state index contributed by atoms with van der Waals surface area (Å²) in [4.78, 5) is 0. The molecule has 2 aromatic rings. The van der Waals surface area contributed by atoms with E-state index in [1.165, 1.54) is 5.56 Å². The van der Waals surface area contributed by atoms with Crippen molar-refractivity contribution in [2.75, 3.05) is 6.61 Å². The lowest BCUT2D eigenvalue weighted by molar-refractivity contribution is 0.324. The van der Waals surface area contributed by atoms with Gasteiger partial charge in [-0.25, -0.2) is 4.68 Å². The molecule has 0 spiro atoms. The van der Waals surface area contributed by atoms with Crippen LogP contribution in [0.15, 0.2) is 36.5 Å². The van der Waals surface area contributed by atoms with Gasteiger partial charge in [0.25, 0.3) is 0 Å². The first kappa shape index (κ1) is 9.77. The number of hydrogen-bond donors (Lipinski definition) is 0. The highest BCUT2D eigenvalue weighted by atomic mass is 16.5. The first-order valence-electron chi connectivity index (χ1n) is 5.05. The standard InChI is InChI=1S/C12H14N2O/c1-3-15-12-8-9-14(13-12)11-7-5-4-6-10(11)2/h4-9H,3H2,1-2H3. The van der Waals surface area contributed by atoms with Crippen molar-refractivity contribution in [3.05, 3.63) is 42.1 Å². The molecule has 0 radical (unpaired) electrons. The van der Waals surface area contributed by atoms with Crippen molar-refractivity contribution in [1.29, 1.82) is 0 Å². The first-order chi connectivity index (χ1) is 7.31. The van der Waals surface area contributed by atoms with Crippen LogP contribution < -0.4 is 4.74 Å². The normalized spacial score (nSPS) is 10.3. The molecule has 2 rings (SSSR count). The van der Waals surface area contributed by atoms with Crippen molar-refractivity contribution in [2.24, 2.45) is 0 Å². The Labute approximate surface area is 89.3 Å². The molecule has 3 heteroatoms. The van der Waals surface area contributed by atoms with E-state index in [-0.39, 0.29) is 0 Å². The maximum atomic E-state index is 5.32. The van der Waals surface area contributed by atoms with Gasteiger partial charge in [0.05, 0.1) is 12.3 Å². The van der Waals surface area contributed by atoms with Crippen LogP contribution in [0.25, 0.3) is 5.69 Å². The third-order valence-electron chi connectivity index (χ3n) is 2.22. The number of para-hydroxylation sites is 1. The Balaban J connectivity index is 2.33. The number of ether oxygens (including phenoxy) is 1. The van der Waals surface area contributed by atoms with Gasteiger partial charge in [-0.2, -0.15) is 0 Å². The lowest BCUT2D eigenvalue weighted by atomic mass is 10.2. The summed E-state index contributed by atoms with van der Waals surface area (Å²) in [5, 5.41) is 4.33. The summed E-state index contributed by atoms with van der Waals surface area (Å²) in [6.45, 7) is 4.66. The maximum absolute atomic E-state index is 5.32. The molecule has 0 aliphatic rings. The lowest BCUT2D eigenvalue weighted by Crippen LogP contribution is -1.98. The van der Waals surface area contributed by atoms with Crippen LogP contribution in [-0.2, 0) is 0 Å². The summed E-state index contributed by atoms with van der Waals surface area (Å²) in [7, 11) is 0. The predicted molar refractivity (Wildman–Crippen MR) is 59.5 cm³/mol. The van der Waals surface area contributed by atoms with Crippen molar-refractivity contribution < 1.29 is 4.74 Å². The summed E-state index contributed by atoms with van der Waals surface area (Å²) in [6.07, 6.45) is 1.91. The van der Waals surface area contributed by atoms with Crippen LogP contribution in [0.5, 0.6) is 5.88 Å². The summed E-state index contributed by atoms with van der Waals surface area (Å²) >= 11 is 0. The van der Waals surface area contributed by atoms with E-state index in [1.54, 1.807) is 0 Å². The Hall–Kier alpha value is -1.77. The first-order valence-corrected chi connectivity index (χ1v) is 5.05. The Morgan fingerprint density at radius 2 is 2.07 bits per heavy atom. The van der Waals surface area contributed by atoms with Crippen LogP contribution in [0.2, 0.25) is 0 Å². The van der Waals surface area contributed by atoms with Gasteiger partial charge in [-0.15, -0.1) is 5.10 Å². The minimum absolute atomic E-state index is 0.644. The fourth-order valence-corrected chi connectivity index (χ4v) is 1.49. The molecule has 1 heterocycles. The average Bonchev–Trinajstić information content (AvgIpc) is 2.68. The van der Waals surface area contributed by atoms with Gasteiger partial charge in [-0.1, -0.05) is 18.2 Å². The molecule has 1 aromatic carbocycles. The van der Waals surface area contributed by atoms with Gasteiger partial charge in [0.15, 0.2) is 0 Å². The topological polar surface area (TPSA) is 27.1 Å². The highest BCUT2D eigenvalue weighted by Gasteiger charge is 2.02. The van der Waals surface area contributed by atoms with E-state index >= 15 is 0 Å². The maximum Gasteiger partial charge on any atom is 0.233 e. The Kier molecular flexibility index (Phi) is 2.72. The second-order valence-electron chi connectivity index (χ2n) is 3.32. The minimum Gasteiger partial charge on any atom is -0.477 e. The van der Waals surface area contributed by atoms with E-state index in [0.29, 0.717) is 12.5 Å². The number of aryl methyl sites for hydroxylation is 1. The molecular formula is C12H14N2O. The molecule has 0 fully saturated rings. The van der Waals surface area contributed by atoms with Gasteiger partial charge in [0.2, 0.25) is 5.88 Å². The van der Waals surface area contributed by atoms with Crippen LogP contribution in [0.3, 0.4) is 0 Å².